The second-order valence-electron chi connectivity index (χ2n) is 7.24. The van der Waals surface area contributed by atoms with Crippen LogP contribution in [0.3, 0.4) is 0 Å². The Labute approximate surface area is 203 Å². The van der Waals surface area contributed by atoms with E-state index in [1.807, 2.05) is 35.2 Å². The monoisotopic (exact) mass is 482 g/mol. The minimum atomic E-state index is -0.815. The minimum Gasteiger partial charge on any atom is -0.462 e. The maximum absolute atomic E-state index is 12.2. The maximum atomic E-state index is 12.2. The number of allylic oxidation sites excluding steroid dienone is 2. The Morgan fingerprint density at radius 1 is 1.00 bits per heavy atom. The van der Waals surface area contributed by atoms with Crippen molar-refractivity contribution in [1.82, 2.24) is 0 Å². The molecule has 178 valence electrons. The van der Waals surface area contributed by atoms with Crippen LogP contribution >= 0.6 is 11.8 Å². The number of hydrogen-bond donors (Lipinski definition) is 0. The molecule has 0 saturated carbocycles. The molecule has 0 fully saturated rings. The Hall–Kier alpha value is -3.77. The smallest absolute Gasteiger partial charge is 0.349 e. The van der Waals surface area contributed by atoms with Gasteiger partial charge >= 0.3 is 17.9 Å². The minimum absolute atomic E-state index is 0.133. The number of carbonyl (C=O) groups excluding carboxylic acids is 3. The van der Waals surface area contributed by atoms with Gasteiger partial charge in [0.05, 0.1) is 17.3 Å². The van der Waals surface area contributed by atoms with E-state index in [0.29, 0.717) is 18.5 Å². The van der Waals surface area contributed by atoms with Gasteiger partial charge in [-0.15, -0.1) is 0 Å². The summed E-state index contributed by atoms with van der Waals surface area (Å²) < 4.78 is 15.0. The van der Waals surface area contributed by atoms with Crippen molar-refractivity contribution < 1.29 is 28.6 Å². The van der Waals surface area contributed by atoms with Gasteiger partial charge in [-0.25, -0.2) is 14.4 Å². The fourth-order valence-corrected chi connectivity index (χ4v) is 3.78. The van der Waals surface area contributed by atoms with E-state index in [4.69, 9.17) is 14.2 Å². The Bertz CT molecular complexity index is 1080. The summed E-state index contributed by atoms with van der Waals surface area (Å²) in [6.07, 6.45) is 3.64. The number of rotatable bonds is 11. The van der Waals surface area contributed by atoms with E-state index in [-0.39, 0.29) is 31.0 Å². The quantitative estimate of drug-likeness (QED) is 0.152. The summed E-state index contributed by atoms with van der Waals surface area (Å²) in [6, 6.07) is 9.63. The van der Waals surface area contributed by atoms with Gasteiger partial charge in [0, 0.05) is 22.6 Å². The lowest BCUT2D eigenvalue weighted by atomic mass is 10.2. The fraction of sp³-hybridized carbons (Fsp3) is 0.280. The first-order valence-corrected chi connectivity index (χ1v) is 11.2. The summed E-state index contributed by atoms with van der Waals surface area (Å²) in [6.45, 7) is 10.6. The van der Waals surface area contributed by atoms with Gasteiger partial charge in [0.15, 0.2) is 0 Å². The van der Waals surface area contributed by atoms with Gasteiger partial charge in [0.1, 0.15) is 24.9 Å². The van der Waals surface area contributed by atoms with Crippen LogP contribution in [0.15, 0.2) is 76.2 Å². The molecule has 34 heavy (non-hydrogen) atoms. The third kappa shape index (κ3) is 7.67. The standard InChI is InChI=1S/C25H26N2O6S/c1-17(2)23(28)31-13-7-12-27-20-8-5-6-9-21(20)34-22(27)11-10-19(16-26)25(30)33-15-14-32-24(29)18(3)4/h5-6,8-11H,1,3,7,12-15H2,2,4H3/b19-10+,22-11-. The van der Waals surface area contributed by atoms with E-state index in [1.54, 1.807) is 13.0 Å². The summed E-state index contributed by atoms with van der Waals surface area (Å²) in [4.78, 5) is 38.2. The first-order valence-electron chi connectivity index (χ1n) is 10.4. The predicted molar refractivity (Wildman–Crippen MR) is 129 cm³/mol. The third-order valence-electron chi connectivity index (χ3n) is 4.38. The van der Waals surface area contributed by atoms with Crippen molar-refractivity contribution in [1.29, 1.82) is 5.26 Å². The van der Waals surface area contributed by atoms with Crippen LogP contribution in [0.1, 0.15) is 20.3 Å². The molecule has 0 aliphatic carbocycles. The van der Waals surface area contributed by atoms with Crippen LogP contribution < -0.4 is 4.90 Å². The molecule has 0 atom stereocenters. The molecular weight excluding hydrogens is 456 g/mol. The number of carbonyl (C=O) groups is 3. The molecule has 1 aliphatic heterocycles. The number of hydrogen-bond acceptors (Lipinski definition) is 9. The topological polar surface area (TPSA) is 106 Å². The Morgan fingerprint density at radius 2 is 1.59 bits per heavy atom. The van der Waals surface area contributed by atoms with E-state index in [2.05, 4.69) is 13.2 Å². The third-order valence-corrected chi connectivity index (χ3v) is 5.51. The fourth-order valence-electron chi connectivity index (χ4n) is 2.69. The number of nitrogens with zero attached hydrogens (tertiary/aromatic N) is 2. The zero-order valence-electron chi connectivity index (χ0n) is 19.2. The average molecular weight is 483 g/mol. The predicted octanol–water partition coefficient (Wildman–Crippen LogP) is 4.06. The van der Waals surface area contributed by atoms with Gasteiger partial charge in [-0.3, -0.25) is 0 Å². The Morgan fingerprint density at radius 3 is 2.21 bits per heavy atom. The van der Waals surface area contributed by atoms with Crippen molar-refractivity contribution >= 4 is 35.4 Å². The zero-order valence-corrected chi connectivity index (χ0v) is 20.0. The van der Waals surface area contributed by atoms with Crippen LogP contribution in [0, 0.1) is 11.3 Å². The number of anilines is 1. The molecule has 1 aliphatic rings. The van der Waals surface area contributed by atoms with Gasteiger partial charge in [-0.05, 0) is 44.6 Å². The second kappa shape index (κ2) is 13.1. The molecule has 0 N–H and O–H groups in total. The molecule has 0 amide bonds. The molecule has 9 heteroatoms. The first-order chi connectivity index (χ1) is 16.2. The van der Waals surface area contributed by atoms with Crippen molar-refractivity contribution in [2.24, 2.45) is 0 Å². The van der Waals surface area contributed by atoms with E-state index >= 15 is 0 Å². The van der Waals surface area contributed by atoms with Crippen LogP contribution in [0.5, 0.6) is 0 Å². The summed E-state index contributed by atoms with van der Waals surface area (Å²) in [5, 5.41) is 10.2. The summed E-state index contributed by atoms with van der Waals surface area (Å²) in [5.74, 6) is -1.82. The highest BCUT2D eigenvalue weighted by molar-refractivity contribution is 8.03. The van der Waals surface area contributed by atoms with Gasteiger partial charge in [-0.1, -0.05) is 37.1 Å². The van der Waals surface area contributed by atoms with Crippen molar-refractivity contribution in [2.45, 2.75) is 25.2 Å². The van der Waals surface area contributed by atoms with Crippen LogP contribution in [-0.2, 0) is 28.6 Å². The Balaban J connectivity index is 2.03. The maximum Gasteiger partial charge on any atom is 0.349 e. The van der Waals surface area contributed by atoms with E-state index in [0.717, 1.165) is 15.6 Å². The van der Waals surface area contributed by atoms with E-state index in [9.17, 15) is 19.6 Å². The number of esters is 3. The molecule has 8 nitrogen and oxygen atoms in total. The number of benzene rings is 1. The van der Waals surface area contributed by atoms with E-state index < -0.39 is 17.9 Å². The van der Waals surface area contributed by atoms with Crippen molar-refractivity contribution in [3.05, 3.63) is 71.3 Å². The van der Waals surface area contributed by atoms with E-state index in [1.165, 1.54) is 24.8 Å². The highest BCUT2D eigenvalue weighted by atomic mass is 32.2. The highest BCUT2D eigenvalue weighted by Crippen LogP contribution is 2.45. The molecule has 0 spiro atoms. The molecule has 0 unspecified atom stereocenters. The SMILES string of the molecule is C=C(C)C(=O)OCCCN1/C(=C/C=C(\C#N)C(=O)OCCOC(=O)C(=C)C)Sc2ccccc21. The Kier molecular flexibility index (Phi) is 10.2. The zero-order chi connectivity index (χ0) is 25.1. The molecule has 1 heterocycles. The van der Waals surface area contributed by atoms with Gasteiger partial charge < -0.3 is 19.1 Å². The van der Waals surface area contributed by atoms with Crippen molar-refractivity contribution in [3.8, 4) is 6.07 Å². The number of ether oxygens (including phenoxy) is 3. The lowest BCUT2D eigenvalue weighted by Gasteiger charge is -2.20. The molecule has 0 aromatic heterocycles. The largest absolute Gasteiger partial charge is 0.462 e. The van der Waals surface area contributed by atoms with Gasteiger partial charge in [0.25, 0.3) is 0 Å². The summed E-state index contributed by atoms with van der Waals surface area (Å²) in [7, 11) is 0. The molecular formula is C25H26N2O6S. The average Bonchev–Trinajstić information content (AvgIpc) is 3.16. The summed E-state index contributed by atoms with van der Waals surface area (Å²) in [5.41, 5.74) is 1.38. The molecule has 0 radical (unpaired) electrons. The lowest BCUT2D eigenvalue weighted by Crippen LogP contribution is -2.21. The first kappa shape index (κ1) is 26.5. The second-order valence-corrected chi connectivity index (χ2v) is 8.30. The number of para-hydroxylation sites is 1. The molecule has 2 rings (SSSR count). The highest BCUT2D eigenvalue weighted by Gasteiger charge is 2.24. The van der Waals surface area contributed by atoms with Crippen LogP contribution in [0.25, 0.3) is 0 Å². The van der Waals surface area contributed by atoms with Crippen LogP contribution in [0.2, 0.25) is 0 Å². The molecule has 1 aromatic rings. The molecule has 0 saturated heterocycles. The van der Waals surface area contributed by atoms with Crippen molar-refractivity contribution in [2.75, 3.05) is 31.3 Å². The van der Waals surface area contributed by atoms with Crippen molar-refractivity contribution in [3.63, 3.8) is 0 Å². The number of fused-ring (bicyclic) bond motifs is 1. The number of nitriles is 1. The lowest BCUT2D eigenvalue weighted by molar-refractivity contribution is -0.147. The normalized spacial score (nSPS) is 13.6. The van der Waals surface area contributed by atoms with Gasteiger partial charge in [-0.2, -0.15) is 5.26 Å². The number of thioether (sulfide) groups is 1. The summed E-state index contributed by atoms with van der Waals surface area (Å²) >= 11 is 1.50. The van der Waals surface area contributed by atoms with Crippen LogP contribution in [-0.4, -0.2) is 44.3 Å². The van der Waals surface area contributed by atoms with Crippen LogP contribution in [0.4, 0.5) is 5.69 Å². The molecule has 0 bridgehead atoms. The molecule has 1 aromatic carbocycles. The van der Waals surface area contributed by atoms with Gasteiger partial charge in [0.2, 0.25) is 0 Å².